The van der Waals surface area contributed by atoms with Gasteiger partial charge >= 0.3 is 13.8 Å². The zero-order valence-corrected chi connectivity index (χ0v) is 22.4. The summed E-state index contributed by atoms with van der Waals surface area (Å²) in [5.74, 6) is -0.838. The second-order valence-electron chi connectivity index (χ2n) is 8.66. The van der Waals surface area contributed by atoms with E-state index in [1.807, 2.05) is 0 Å². The van der Waals surface area contributed by atoms with Crippen molar-refractivity contribution in [3.8, 4) is 0 Å². The van der Waals surface area contributed by atoms with Gasteiger partial charge in [-0.25, -0.2) is 4.57 Å². The summed E-state index contributed by atoms with van der Waals surface area (Å²) in [5.41, 5.74) is 0. The molecule has 0 heterocycles. The standard InChI is InChI=1S/C24H50NO8P/c1-3-4-5-6-7-8-9-10-11-12-14-18-30-21-23(31-19-15-13-16-24(26)27)22-33-34(28,29)32-20-17-25-2/h23,25H,3-22H2,1-2H3,(H,26,27)(H,28,29). The molecule has 2 unspecified atom stereocenters. The van der Waals surface area contributed by atoms with Crippen molar-refractivity contribution in [1.29, 1.82) is 0 Å². The van der Waals surface area contributed by atoms with Crippen molar-refractivity contribution in [2.24, 2.45) is 0 Å². The number of carbonyl (C=O) groups is 1. The molecule has 0 spiro atoms. The predicted molar refractivity (Wildman–Crippen MR) is 134 cm³/mol. The SMILES string of the molecule is CCCCCCCCCCCCCOCC(COP(=O)(O)OCCNC)OCCCCC(=O)O. The van der Waals surface area contributed by atoms with Gasteiger partial charge in [-0.05, 0) is 26.3 Å². The Hall–Kier alpha value is -0.540. The van der Waals surface area contributed by atoms with E-state index in [0.717, 1.165) is 12.8 Å². The van der Waals surface area contributed by atoms with Crippen molar-refractivity contribution in [2.45, 2.75) is 103 Å². The second kappa shape index (κ2) is 24.2. The topological polar surface area (TPSA) is 124 Å². The molecule has 34 heavy (non-hydrogen) atoms. The van der Waals surface area contributed by atoms with Crippen LogP contribution in [0.5, 0.6) is 0 Å². The van der Waals surface area contributed by atoms with Gasteiger partial charge in [0.05, 0.1) is 19.8 Å². The van der Waals surface area contributed by atoms with Crippen LogP contribution in [0.25, 0.3) is 0 Å². The second-order valence-corrected chi connectivity index (χ2v) is 10.1. The predicted octanol–water partition coefficient (Wildman–Crippen LogP) is 5.31. The number of carboxylic acid groups (broad SMARTS) is 1. The molecule has 0 saturated carbocycles. The van der Waals surface area contributed by atoms with E-state index < -0.39 is 19.9 Å². The first-order chi connectivity index (χ1) is 16.4. The average Bonchev–Trinajstić information content (AvgIpc) is 2.79. The lowest BCUT2D eigenvalue weighted by atomic mass is 10.1. The maximum atomic E-state index is 12.0. The molecule has 0 fully saturated rings. The number of unbranched alkanes of at least 4 members (excludes halogenated alkanes) is 11. The van der Waals surface area contributed by atoms with Crippen molar-refractivity contribution in [1.82, 2.24) is 5.32 Å². The highest BCUT2D eigenvalue weighted by molar-refractivity contribution is 7.47. The van der Waals surface area contributed by atoms with Gasteiger partial charge in [0.2, 0.25) is 0 Å². The van der Waals surface area contributed by atoms with Gasteiger partial charge in [-0.15, -0.1) is 0 Å². The van der Waals surface area contributed by atoms with E-state index in [4.69, 9.17) is 23.6 Å². The Morgan fingerprint density at radius 3 is 2.00 bits per heavy atom. The molecule has 0 aliphatic carbocycles. The van der Waals surface area contributed by atoms with Gasteiger partial charge in [0.1, 0.15) is 6.10 Å². The molecule has 0 saturated heterocycles. The molecule has 2 atom stereocenters. The fourth-order valence-corrected chi connectivity index (χ4v) is 4.08. The molecule has 204 valence electrons. The lowest BCUT2D eigenvalue weighted by molar-refractivity contribution is -0.137. The van der Waals surface area contributed by atoms with E-state index >= 15 is 0 Å². The first kappa shape index (κ1) is 33.5. The van der Waals surface area contributed by atoms with Crippen LogP contribution in [0.2, 0.25) is 0 Å². The van der Waals surface area contributed by atoms with E-state index in [-0.39, 0.29) is 26.2 Å². The van der Waals surface area contributed by atoms with Crippen molar-refractivity contribution in [3.63, 3.8) is 0 Å². The Balaban J connectivity index is 4.00. The molecule has 0 aromatic heterocycles. The van der Waals surface area contributed by atoms with Gasteiger partial charge in [0, 0.05) is 26.2 Å². The Bertz CT molecular complexity index is 509. The Kier molecular flexibility index (Phi) is 23.8. The maximum Gasteiger partial charge on any atom is 0.472 e. The third-order valence-corrected chi connectivity index (χ3v) is 6.35. The minimum absolute atomic E-state index is 0.0559. The van der Waals surface area contributed by atoms with Gasteiger partial charge in [-0.1, -0.05) is 71.1 Å². The number of phosphoric acid groups is 1. The smallest absolute Gasteiger partial charge is 0.472 e. The summed E-state index contributed by atoms with van der Waals surface area (Å²) in [5, 5.41) is 11.5. The zero-order valence-electron chi connectivity index (χ0n) is 21.5. The molecular weight excluding hydrogens is 461 g/mol. The highest BCUT2D eigenvalue weighted by atomic mass is 31.2. The normalized spacial score (nSPS) is 14.2. The molecule has 0 radical (unpaired) electrons. The fourth-order valence-electron chi connectivity index (χ4n) is 3.33. The monoisotopic (exact) mass is 511 g/mol. The largest absolute Gasteiger partial charge is 0.481 e. The van der Waals surface area contributed by atoms with Crippen LogP contribution in [0.1, 0.15) is 96.8 Å². The van der Waals surface area contributed by atoms with Crippen LogP contribution >= 0.6 is 7.82 Å². The molecular formula is C24H50NO8P. The van der Waals surface area contributed by atoms with Crippen LogP contribution in [-0.2, 0) is 27.9 Å². The van der Waals surface area contributed by atoms with E-state index in [1.54, 1.807) is 7.05 Å². The van der Waals surface area contributed by atoms with E-state index in [2.05, 4.69) is 12.2 Å². The van der Waals surface area contributed by atoms with Crippen LogP contribution in [0, 0.1) is 0 Å². The number of nitrogens with one attached hydrogen (secondary N) is 1. The number of hydrogen-bond acceptors (Lipinski definition) is 7. The van der Waals surface area contributed by atoms with Crippen LogP contribution in [0.15, 0.2) is 0 Å². The summed E-state index contributed by atoms with van der Waals surface area (Å²) in [6, 6.07) is 0. The van der Waals surface area contributed by atoms with Crippen molar-refractivity contribution < 1.29 is 37.9 Å². The summed E-state index contributed by atoms with van der Waals surface area (Å²) >= 11 is 0. The Morgan fingerprint density at radius 1 is 0.824 bits per heavy atom. The van der Waals surface area contributed by atoms with Crippen LogP contribution in [-0.4, -0.2) is 68.7 Å². The fraction of sp³-hybridized carbons (Fsp3) is 0.958. The molecule has 0 aliphatic rings. The Morgan fingerprint density at radius 2 is 1.41 bits per heavy atom. The molecule has 0 aliphatic heterocycles. The van der Waals surface area contributed by atoms with Crippen LogP contribution in [0.3, 0.4) is 0 Å². The summed E-state index contributed by atoms with van der Waals surface area (Å²) < 4.78 is 33.3. The number of hydrogen-bond donors (Lipinski definition) is 3. The van der Waals surface area contributed by atoms with Crippen molar-refractivity contribution >= 4 is 13.8 Å². The highest BCUT2D eigenvalue weighted by Gasteiger charge is 2.23. The summed E-state index contributed by atoms with van der Waals surface area (Å²) in [6.07, 6.45) is 14.6. The van der Waals surface area contributed by atoms with Gasteiger partial charge < -0.3 is 24.8 Å². The van der Waals surface area contributed by atoms with E-state index in [9.17, 15) is 14.3 Å². The van der Waals surface area contributed by atoms with Crippen molar-refractivity contribution in [3.05, 3.63) is 0 Å². The third kappa shape index (κ3) is 24.6. The highest BCUT2D eigenvalue weighted by Crippen LogP contribution is 2.43. The summed E-state index contributed by atoms with van der Waals surface area (Å²) in [6.45, 7) is 3.77. The molecule has 0 amide bonds. The number of aliphatic carboxylic acids is 1. The number of phosphoric ester groups is 1. The lowest BCUT2D eigenvalue weighted by Crippen LogP contribution is -2.26. The minimum Gasteiger partial charge on any atom is -0.481 e. The zero-order chi connectivity index (χ0) is 25.3. The van der Waals surface area contributed by atoms with E-state index in [1.165, 1.54) is 57.8 Å². The van der Waals surface area contributed by atoms with Gasteiger partial charge in [0.15, 0.2) is 0 Å². The first-order valence-electron chi connectivity index (χ1n) is 13.1. The quantitative estimate of drug-likeness (QED) is 0.0994. The van der Waals surface area contributed by atoms with Crippen LogP contribution in [0.4, 0.5) is 0 Å². The number of carboxylic acids is 1. The average molecular weight is 512 g/mol. The molecule has 3 N–H and O–H groups in total. The number of rotatable bonds is 27. The molecule has 10 heteroatoms. The summed E-state index contributed by atoms with van der Waals surface area (Å²) in [4.78, 5) is 20.4. The molecule has 0 rings (SSSR count). The molecule has 9 nitrogen and oxygen atoms in total. The lowest BCUT2D eigenvalue weighted by Gasteiger charge is -2.20. The molecule has 0 aromatic rings. The molecule has 0 bridgehead atoms. The van der Waals surface area contributed by atoms with Gasteiger partial charge in [0.25, 0.3) is 0 Å². The first-order valence-corrected chi connectivity index (χ1v) is 14.6. The van der Waals surface area contributed by atoms with Gasteiger partial charge in [-0.2, -0.15) is 0 Å². The van der Waals surface area contributed by atoms with Crippen molar-refractivity contribution in [2.75, 3.05) is 46.6 Å². The summed E-state index contributed by atoms with van der Waals surface area (Å²) in [7, 11) is -2.44. The minimum atomic E-state index is -4.16. The number of likely N-dealkylation sites (N-methyl/N-ethyl adjacent to an activating group) is 1. The van der Waals surface area contributed by atoms with E-state index in [0.29, 0.717) is 32.6 Å². The Labute approximate surface area is 206 Å². The number of ether oxygens (including phenoxy) is 2. The third-order valence-electron chi connectivity index (χ3n) is 5.36. The molecule has 0 aromatic carbocycles. The maximum absolute atomic E-state index is 12.0. The van der Waals surface area contributed by atoms with Crippen LogP contribution < -0.4 is 5.32 Å². The van der Waals surface area contributed by atoms with Gasteiger partial charge in [-0.3, -0.25) is 13.8 Å².